The minimum atomic E-state index is -0.0602. The molecule has 5 heteroatoms. The molecule has 0 aliphatic carbocycles. The number of carbonyl (C=O) groups is 1. The van der Waals surface area contributed by atoms with E-state index in [1.54, 1.807) is 12.3 Å². The highest BCUT2D eigenvalue weighted by atomic mass is 79.9. The van der Waals surface area contributed by atoms with Gasteiger partial charge in [0.2, 0.25) is 5.91 Å². The van der Waals surface area contributed by atoms with Crippen LogP contribution in [-0.2, 0) is 4.79 Å². The van der Waals surface area contributed by atoms with Crippen molar-refractivity contribution in [2.45, 2.75) is 20.8 Å². The van der Waals surface area contributed by atoms with Crippen LogP contribution in [0, 0.1) is 12.8 Å². The van der Waals surface area contributed by atoms with Gasteiger partial charge in [-0.25, -0.2) is 4.98 Å². The van der Waals surface area contributed by atoms with E-state index in [0.29, 0.717) is 5.82 Å². The molecular weight excluding hydrogens is 330 g/mol. The predicted molar refractivity (Wildman–Crippen MR) is 89.9 cm³/mol. The summed E-state index contributed by atoms with van der Waals surface area (Å²) >= 11 is 3.45. The molecule has 0 unspecified atom stereocenters. The van der Waals surface area contributed by atoms with Crippen molar-refractivity contribution in [2.75, 3.05) is 10.6 Å². The molecule has 0 saturated carbocycles. The number of hydrogen-bond acceptors (Lipinski definition) is 3. The second-order valence-corrected chi connectivity index (χ2v) is 6.08. The maximum atomic E-state index is 11.6. The lowest BCUT2D eigenvalue weighted by atomic mass is 10.2. The number of aryl methyl sites for hydroxylation is 1. The van der Waals surface area contributed by atoms with E-state index < -0.39 is 0 Å². The number of rotatable bonds is 4. The van der Waals surface area contributed by atoms with Gasteiger partial charge in [0, 0.05) is 16.1 Å². The SMILES string of the molecule is Cc1cc(Br)ccc1Nc1ccc(NC(=O)C(C)C)nc1. The molecular formula is C16H18BrN3O. The summed E-state index contributed by atoms with van der Waals surface area (Å²) in [5.41, 5.74) is 3.04. The third-order valence-electron chi connectivity index (χ3n) is 3.01. The van der Waals surface area contributed by atoms with Crippen molar-refractivity contribution in [1.29, 1.82) is 0 Å². The van der Waals surface area contributed by atoms with Gasteiger partial charge in [0.1, 0.15) is 5.82 Å². The van der Waals surface area contributed by atoms with Gasteiger partial charge in [-0.05, 0) is 42.8 Å². The van der Waals surface area contributed by atoms with Gasteiger partial charge >= 0.3 is 0 Å². The Hall–Kier alpha value is -1.88. The van der Waals surface area contributed by atoms with Crippen LogP contribution in [0.1, 0.15) is 19.4 Å². The van der Waals surface area contributed by atoms with E-state index in [1.807, 2.05) is 45.0 Å². The van der Waals surface area contributed by atoms with Gasteiger partial charge < -0.3 is 10.6 Å². The number of hydrogen-bond donors (Lipinski definition) is 2. The van der Waals surface area contributed by atoms with Crippen LogP contribution in [0.4, 0.5) is 17.2 Å². The summed E-state index contributed by atoms with van der Waals surface area (Å²) in [6.07, 6.45) is 1.71. The number of nitrogens with one attached hydrogen (secondary N) is 2. The Morgan fingerprint density at radius 3 is 2.57 bits per heavy atom. The standard InChI is InChI=1S/C16H18BrN3O/c1-10(2)16(21)20-15-7-5-13(9-18-15)19-14-6-4-12(17)8-11(14)3/h4-10,19H,1-3H3,(H,18,20,21). The molecule has 0 saturated heterocycles. The first-order valence-corrected chi connectivity index (χ1v) is 7.55. The van der Waals surface area contributed by atoms with Crippen LogP contribution >= 0.6 is 15.9 Å². The number of amides is 1. The first kappa shape index (κ1) is 15.5. The molecule has 21 heavy (non-hydrogen) atoms. The molecule has 2 aromatic rings. The summed E-state index contributed by atoms with van der Waals surface area (Å²) in [7, 11) is 0. The highest BCUT2D eigenvalue weighted by Crippen LogP contribution is 2.23. The van der Waals surface area contributed by atoms with Gasteiger partial charge in [0.05, 0.1) is 11.9 Å². The fourth-order valence-corrected chi connectivity index (χ4v) is 2.21. The van der Waals surface area contributed by atoms with Crippen molar-refractivity contribution in [3.05, 3.63) is 46.6 Å². The zero-order valence-electron chi connectivity index (χ0n) is 12.3. The Morgan fingerprint density at radius 1 is 1.24 bits per heavy atom. The zero-order chi connectivity index (χ0) is 15.4. The highest BCUT2D eigenvalue weighted by Gasteiger charge is 2.07. The summed E-state index contributed by atoms with van der Waals surface area (Å²) in [5, 5.41) is 6.07. The maximum Gasteiger partial charge on any atom is 0.228 e. The molecule has 0 aliphatic heterocycles. The van der Waals surface area contributed by atoms with Crippen LogP contribution in [0.5, 0.6) is 0 Å². The number of anilines is 3. The molecule has 1 aromatic carbocycles. The zero-order valence-corrected chi connectivity index (χ0v) is 13.9. The van der Waals surface area contributed by atoms with Gasteiger partial charge in [-0.15, -0.1) is 0 Å². The minimum absolute atomic E-state index is 0.0352. The quantitative estimate of drug-likeness (QED) is 0.856. The van der Waals surface area contributed by atoms with E-state index in [2.05, 4.69) is 31.5 Å². The van der Waals surface area contributed by atoms with Crippen molar-refractivity contribution in [2.24, 2.45) is 5.92 Å². The topological polar surface area (TPSA) is 54.0 Å². The molecule has 2 N–H and O–H groups in total. The van der Waals surface area contributed by atoms with E-state index in [9.17, 15) is 4.79 Å². The van der Waals surface area contributed by atoms with Crippen LogP contribution in [-0.4, -0.2) is 10.9 Å². The summed E-state index contributed by atoms with van der Waals surface area (Å²) in [6, 6.07) is 9.72. The fraction of sp³-hybridized carbons (Fsp3) is 0.250. The van der Waals surface area contributed by atoms with Crippen molar-refractivity contribution < 1.29 is 4.79 Å². The number of pyridine rings is 1. The van der Waals surface area contributed by atoms with Crippen LogP contribution in [0.25, 0.3) is 0 Å². The van der Waals surface area contributed by atoms with Gasteiger partial charge in [0.15, 0.2) is 0 Å². The number of aromatic nitrogens is 1. The Kier molecular flexibility index (Phi) is 4.96. The van der Waals surface area contributed by atoms with E-state index in [4.69, 9.17) is 0 Å². The fourth-order valence-electron chi connectivity index (χ4n) is 1.74. The number of carbonyl (C=O) groups excluding carboxylic acids is 1. The molecule has 110 valence electrons. The van der Waals surface area contributed by atoms with Crippen molar-refractivity contribution >= 4 is 39.0 Å². The first-order chi connectivity index (χ1) is 9.95. The minimum Gasteiger partial charge on any atom is -0.354 e. The van der Waals surface area contributed by atoms with E-state index >= 15 is 0 Å². The largest absolute Gasteiger partial charge is 0.354 e. The van der Waals surface area contributed by atoms with Crippen LogP contribution in [0.15, 0.2) is 41.0 Å². The van der Waals surface area contributed by atoms with Crippen LogP contribution in [0.3, 0.4) is 0 Å². The normalized spacial score (nSPS) is 10.5. The van der Waals surface area contributed by atoms with Crippen molar-refractivity contribution in [3.8, 4) is 0 Å². The van der Waals surface area contributed by atoms with Gasteiger partial charge in [-0.2, -0.15) is 0 Å². The van der Waals surface area contributed by atoms with E-state index in [-0.39, 0.29) is 11.8 Å². The molecule has 0 fully saturated rings. The van der Waals surface area contributed by atoms with E-state index in [1.165, 1.54) is 0 Å². The third-order valence-corrected chi connectivity index (χ3v) is 3.50. The van der Waals surface area contributed by atoms with Gasteiger partial charge in [0.25, 0.3) is 0 Å². The van der Waals surface area contributed by atoms with Crippen LogP contribution < -0.4 is 10.6 Å². The number of halogens is 1. The molecule has 0 spiro atoms. The average molecular weight is 348 g/mol. The van der Waals surface area contributed by atoms with Gasteiger partial charge in [-0.3, -0.25) is 4.79 Å². The summed E-state index contributed by atoms with van der Waals surface area (Å²) in [6.45, 7) is 5.74. The second-order valence-electron chi connectivity index (χ2n) is 5.16. The Balaban J connectivity index is 2.07. The van der Waals surface area contributed by atoms with Crippen molar-refractivity contribution in [3.63, 3.8) is 0 Å². The summed E-state index contributed by atoms with van der Waals surface area (Å²) in [4.78, 5) is 15.8. The lowest BCUT2D eigenvalue weighted by Crippen LogP contribution is -2.18. The highest BCUT2D eigenvalue weighted by molar-refractivity contribution is 9.10. The molecule has 1 heterocycles. The average Bonchev–Trinajstić information content (AvgIpc) is 2.43. The molecule has 0 radical (unpaired) electrons. The Bertz CT molecular complexity index is 638. The molecule has 1 aromatic heterocycles. The lowest BCUT2D eigenvalue weighted by Gasteiger charge is -2.11. The Labute approximate surface area is 133 Å². The predicted octanol–water partition coefficient (Wildman–Crippen LogP) is 4.49. The molecule has 1 amide bonds. The summed E-state index contributed by atoms with van der Waals surface area (Å²) in [5.74, 6) is 0.466. The Morgan fingerprint density at radius 2 is 2.00 bits per heavy atom. The molecule has 0 bridgehead atoms. The second kappa shape index (κ2) is 6.72. The molecule has 0 atom stereocenters. The van der Waals surface area contributed by atoms with Gasteiger partial charge in [-0.1, -0.05) is 29.8 Å². The lowest BCUT2D eigenvalue weighted by molar-refractivity contribution is -0.118. The van der Waals surface area contributed by atoms with Crippen LogP contribution in [0.2, 0.25) is 0 Å². The molecule has 2 rings (SSSR count). The maximum absolute atomic E-state index is 11.6. The molecule has 4 nitrogen and oxygen atoms in total. The van der Waals surface area contributed by atoms with Crippen molar-refractivity contribution in [1.82, 2.24) is 4.98 Å². The monoisotopic (exact) mass is 347 g/mol. The number of nitrogens with zero attached hydrogens (tertiary/aromatic N) is 1. The smallest absolute Gasteiger partial charge is 0.228 e. The first-order valence-electron chi connectivity index (χ1n) is 6.76. The molecule has 0 aliphatic rings. The summed E-state index contributed by atoms with van der Waals surface area (Å²) < 4.78 is 1.05. The number of benzene rings is 1. The van der Waals surface area contributed by atoms with E-state index in [0.717, 1.165) is 21.4 Å². The third kappa shape index (κ3) is 4.29.